The summed E-state index contributed by atoms with van der Waals surface area (Å²) in [6, 6.07) is 5.85. The van der Waals surface area contributed by atoms with Crippen molar-refractivity contribution < 1.29 is 18.8 Å². The summed E-state index contributed by atoms with van der Waals surface area (Å²) in [6.07, 6.45) is -0.272. The van der Waals surface area contributed by atoms with Crippen LogP contribution < -0.4 is 5.32 Å². The predicted octanol–water partition coefficient (Wildman–Crippen LogP) is 1.47. The molecular formula is C14H17FN2O3. The van der Waals surface area contributed by atoms with Gasteiger partial charge >= 0.3 is 0 Å². The van der Waals surface area contributed by atoms with E-state index in [-0.39, 0.29) is 17.8 Å². The summed E-state index contributed by atoms with van der Waals surface area (Å²) in [4.78, 5) is 17.1. The molecule has 1 N–H and O–H groups in total. The maximum absolute atomic E-state index is 12.8. The van der Waals surface area contributed by atoms with Crippen molar-refractivity contribution in [3.05, 3.63) is 35.6 Å². The molecule has 0 saturated carbocycles. The maximum atomic E-state index is 12.8. The number of carbonyl (C=O) groups excluding carboxylic acids is 1. The Hall–Kier alpha value is -1.95. The van der Waals surface area contributed by atoms with Crippen LogP contribution in [0.3, 0.4) is 0 Å². The number of halogens is 1. The van der Waals surface area contributed by atoms with Gasteiger partial charge in [-0.2, -0.15) is 0 Å². The van der Waals surface area contributed by atoms with Gasteiger partial charge in [0.1, 0.15) is 5.82 Å². The predicted molar refractivity (Wildman–Crippen MR) is 71.9 cm³/mol. The Balaban J connectivity index is 1.91. The van der Waals surface area contributed by atoms with Crippen LogP contribution in [0, 0.1) is 5.82 Å². The number of nitrogens with zero attached hydrogens (tertiary/aromatic N) is 1. The van der Waals surface area contributed by atoms with Gasteiger partial charge in [0.15, 0.2) is 0 Å². The second-order valence-electron chi connectivity index (χ2n) is 4.71. The number of methoxy groups -OCH3 is 1. The van der Waals surface area contributed by atoms with Crippen LogP contribution >= 0.6 is 0 Å². The molecule has 5 nitrogen and oxygen atoms in total. The lowest BCUT2D eigenvalue weighted by Crippen LogP contribution is -2.42. The Morgan fingerprint density at radius 2 is 2.25 bits per heavy atom. The minimum absolute atomic E-state index is 0.0917. The summed E-state index contributed by atoms with van der Waals surface area (Å²) in [5, 5.41) is 6.68. The molecule has 1 aromatic carbocycles. The van der Waals surface area contributed by atoms with Gasteiger partial charge in [-0.15, -0.1) is 0 Å². The van der Waals surface area contributed by atoms with Crippen LogP contribution in [0.4, 0.5) is 4.39 Å². The minimum atomic E-state index is -0.644. The molecule has 0 aliphatic carbocycles. The lowest BCUT2D eigenvalue weighted by atomic mass is 10.0. The van der Waals surface area contributed by atoms with Gasteiger partial charge in [0.05, 0.1) is 12.3 Å². The van der Waals surface area contributed by atoms with Crippen molar-refractivity contribution in [1.82, 2.24) is 5.32 Å². The van der Waals surface area contributed by atoms with Gasteiger partial charge < -0.3 is 14.9 Å². The van der Waals surface area contributed by atoms with E-state index in [1.807, 2.05) is 6.92 Å². The van der Waals surface area contributed by atoms with Crippen molar-refractivity contribution in [2.45, 2.75) is 25.5 Å². The highest BCUT2D eigenvalue weighted by Gasteiger charge is 2.29. The van der Waals surface area contributed by atoms with Gasteiger partial charge in [0.25, 0.3) is 5.91 Å². The first kappa shape index (κ1) is 14.5. The Bertz CT molecular complexity index is 502. The number of rotatable bonds is 5. The van der Waals surface area contributed by atoms with Crippen LogP contribution in [0.15, 0.2) is 29.4 Å². The Morgan fingerprint density at radius 3 is 2.90 bits per heavy atom. The SMILES string of the molecule is COC[C@@H](C)NC(=O)[C@H]1CC(c2ccc(F)cc2)=NO1. The fraction of sp³-hybridized carbons (Fsp3) is 0.429. The molecule has 0 aromatic heterocycles. The fourth-order valence-electron chi connectivity index (χ4n) is 1.96. The van der Waals surface area contributed by atoms with Crippen molar-refractivity contribution >= 4 is 11.6 Å². The third-order valence-electron chi connectivity index (χ3n) is 2.94. The summed E-state index contributed by atoms with van der Waals surface area (Å²) in [5.74, 6) is -0.536. The van der Waals surface area contributed by atoms with Gasteiger partial charge in [-0.1, -0.05) is 17.3 Å². The number of amides is 1. The Kier molecular flexibility index (Phi) is 4.68. The molecule has 0 saturated heterocycles. The lowest BCUT2D eigenvalue weighted by Gasteiger charge is -2.15. The molecular weight excluding hydrogens is 263 g/mol. The van der Waals surface area contributed by atoms with Crippen LogP contribution in [0.2, 0.25) is 0 Å². The molecule has 0 fully saturated rings. The zero-order chi connectivity index (χ0) is 14.5. The first-order valence-corrected chi connectivity index (χ1v) is 6.38. The van der Waals surface area contributed by atoms with Crippen LogP contribution in [0.25, 0.3) is 0 Å². The normalized spacial score (nSPS) is 19.1. The van der Waals surface area contributed by atoms with Gasteiger partial charge in [-0.3, -0.25) is 4.79 Å². The zero-order valence-electron chi connectivity index (χ0n) is 11.4. The van der Waals surface area contributed by atoms with Crippen molar-refractivity contribution in [1.29, 1.82) is 0 Å². The summed E-state index contributed by atoms with van der Waals surface area (Å²) in [5.41, 5.74) is 1.40. The number of benzene rings is 1. The fourth-order valence-corrected chi connectivity index (χ4v) is 1.96. The third-order valence-corrected chi connectivity index (χ3v) is 2.94. The van der Waals surface area contributed by atoms with E-state index in [0.717, 1.165) is 5.56 Å². The monoisotopic (exact) mass is 280 g/mol. The number of oxime groups is 1. The molecule has 2 rings (SSSR count). The standard InChI is InChI=1S/C14H17FN2O3/c1-9(8-19-2)16-14(18)13-7-12(17-20-13)10-3-5-11(15)6-4-10/h3-6,9,13H,7-8H2,1-2H3,(H,16,18)/t9-,13-/m1/s1. The highest BCUT2D eigenvalue weighted by molar-refractivity contribution is 6.04. The maximum Gasteiger partial charge on any atom is 0.264 e. The van der Waals surface area contributed by atoms with Gasteiger partial charge in [0, 0.05) is 19.6 Å². The number of nitrogens with one attached hydrogen (secondary N) is 1. The first-order valence-electron chi connectivity index (χ1n) is 6.38. The molecule has 6 heteroatoms. The van der Waals surface area contributed by atoms with Crippen molar-refractivity contribution in [3.63, 3.8) is 0 Å². The minimum Gasteiger partial charge on any atom is -0.383 e. The first-order chi connectivity index (χ1) is 9.60. The molecule has 0 spiro atoms. The molecule has 2 atom stereocenters. The molecule has 1 aliphatic heterocycles. The summed E-state index contributed by atoms with van der Waals surface area (Å²) in [6.45, 7) is 2.28. The average Bonchev–Trinajstić information content (AvgIpc) is 2.89. The van der Waals surface area contributed by atoms with E-state index in [9.17, 15) is 9.18 Å². The number of carbonyl (C=O) groups is 1. The topological polar surface area (TPSA) is 59.9 Å². The average molecular weight is 280 g/mol. The zero-order valence-corrected chi connectivity index (χ0v) is 11.4. The van der Waals surface area contributed by atoms with E-state index in [2.05, 4.69) is 10.5 Å². The molecule has 108 valence electrons. The van der Waals surface area contributed by atoms with E-state index >= 15 is 0 Å². The second-order valence-corrected chi connectivity index (χ2v) is 4.71. The highest BCUT2D eigenvalue weighted by atomic mass is 19.1. The van der Waals surface area contributed by atoms with Crippen LogP contribution in [0.1, 0.15) is 18.9 Å². The van der Waals surface area contributed by atoms with Crippen molar-refractivity contribution in [3.8, 4) is 0 Å². The van der Waals surface area contributed by atoms with Crippen LogP contribution in [-0.4, -0.2) is 37.5 Å². The van der Waals surface area contributed by atoms with Gasteiger partial charge in [0.2, 0.25) is 6.10 Å². The van der Waals surface area contributed by atoms with E-state index < -0.39 is 6.10 Å². The Morgan fingerprint density at radius 1 is 1.55 bits per heavy atom. The van der Waals surface area contributed by atoms with Gasteiger partial charge in [-0.25, -0.2) is 4.39 Å². The molecule has 1 aliphatic rings. The number of hydrogen-bond acceptors (Lipinski definition) is 4. The van der Waals surface area contributed by atoms with Crippen LogP contribution in [-0.2, 0) is 14.4 Å². The number of hydrogen-bond donors (Lipinski definition) is 1. The molecule has 1 amide bonds. The van der Waals surface area contributed by atoms with Crippen molar-refractivity contribution in [2.75, 3.05) is 13.7 Å². The largest absolute Gasteiger partial charge is 0.383 e. The molecule has 0 unspecified atom stereocenters. The highest BCUT2D eigenvalue weighted by Crippen LogP contribution is 2.17. The molecule has 0 bridgehead atoms. The number of ether oxygens (including phenoxy) is 1. The summed E-state index contributed by atoms with van der Waals surface area (Å²) in [7, 11) is 1.57. The van der Waals surface area contributed by atoms with Crippen molar-refractivity contribution in [2.24, 2.45) is 5.16 Å². The third kappa shape index (κ3) is 3.54. The quantitative estimate of drug-likeness (QED) is 0.888. The molecule has 20 heavy (non-hydrogen) atoms. The molecule has 1 aromatic rings. The second kappa shape index (κ2) is 6.47. The Labute approximate surface area is 116 Å². The molecule has 1 heterocycles. The smallest absolute Gasteiger partial charge is 0.264 e. The summed E-state index contributed by atoms with van der Waals surface area (Å²) >= 11 is 0. The van der Waals surface area contributed by atoms with E-state index in [0.29, 0.717) is 18.7 Å². The molecule has 0 radical (unpaired) electrons. The van der Waals surface area contributed by atoms with E-state index in [1.54, 1.807) is 19.2 Å². The van der Waals surface area contributed by atoms with Gasteiger partial charge in [-0.05, 0) is 24.6 Å². The lowest BCUT2D eigenvalue weighted by molar-refractivity contribution is -0.132. The summed E-state index contributed by atoms with van der Waals surface area (Å²) < 4.78 is 17.8. The van der Waals surface area contributed by atoms with Crippen LogP contribution in [0.5, 0.6) is 0 Å². The van der Waals surface area contributed by atoms with E-state index in [1.165, 1.54) is 12.1 Å². The van der Waals surface area contributed by atoms with E-state index in [4.69, 9.17) is 9.57 Å².